The Balaban J connectivity index is 1.16. The van der Waals surface area contributed by atoms with Crippen molar-refractivity contribution in [1.82, 2.24) is 19.8 Å². The molecule has 1 spiro atoms. The molecule has 3 aliphatic carbocycles. The van der Waals surface area contributed by atoms with E-state index in [1.54, 1.807) is 0 Å². The van der Waals surface area contributed by atoms with E-state index in [1.165, 1.54) is 30.4 Å². The van der Waals surface area contributed by atoms with E-state index in [1.807, 2.05) is 25.7 Å². The maximum Gasteiger partial charge on any atom is 0.410 e. The fourth-order valence-electron chi connectivity index (χ4n) is 7.95. The van der Waals surface area contributed by atoms with Crippen molar-refractivity contribution in [1.29, 1.82) is 0 Å². The molecule has 5 fully saturated rings. The number of anilines is 1. The maximum atomic E-state index is 12.7. The zero-order chi connectivity index (χ0) is 30.6. The second-order valence-electron chi connectivity index (χ2n) is 15.6. The van der Waals surface area contributed by atoms with Gasteiger partial charge in [-0.1, -0.05) is 6.92 Å². The number of rotatable bonds is 7. The second kappa shape index (κ2) is 11.7. The predicted molar refractivity (Wildman–Crippen MR) is 171 cm³/mol. The number of carbonyl (C=O) groups is 1. The molecule has 0 N–H and O–H groups in total. The Morgan fingerprint density at radius 1 is 0.932 bits per heavy atom. The van der Waals surface area contributed by atoms with Crippen LogP contribution in [0.3, 0.4) is 0 Å². The first-order valence-corrected chi connectivity index (χ1v) is 17.5. The van der Waals surface area contributed by atoms with Gasteiger partial charge in [0.2, 0.25) is 0 Å². The molecule has 1 aromatic rings. The average molecular weight is 608 g/mol. The Labute approximate surface area is 263 Å². The van der Waals surface area contributed by atoms with E-state index in [9.17, 15) is 4.79 Å². The number of fused-ring (bicyclic) bond motifs is 1. The average Bonchev–Trinajstić information content (AvgIpc) is 3.79. The molecule has 242 valence electrons. The molecule has 1 unspecified atom stereocenters. The molecule has 1 aromatic heterocycles. The van der Waals surface area contributed by atoms with Crippen molar-refractivity contribution < 1.29 is 19.0 Å². The molecule has 7 rings (SSSR count). The third-order valence-electron chi connectivity index (χ3n) is 11.0. The van der Waals surface area contributed by atoms with Crippen LogP contribution in [0.4, 0.5) is 10.6 Å². The van der Waals surface area contributed by atoms with Crippen LogP contribution in [0.15, 0.2) is 5.57 Å². The number of aromatic nitrogens is 2. The number of piperidine rings is 2. The number of allylic oxidation sites excluding steroid dienone is 1. The smallest absolute Gasteiger partial charge is 0.410 e. The van der Waals surface area contributed by atoms with Gasteiger partial charge in [0.25, 0.3) is 0 Å². The molecule has 9 heteroatoms. The number of amides is 1. The SMILES string of the molecule is CCC1=C(OC2CCC2)c2nc(OC3CCN(C)CC3)nc(N3CCC4(CC3)CN(C(=O)OC(C)(C)C)C4)c2CC1C1CC1. The van der Waals surface area contributed by atoms with Crippen LogP contribution in [-0.2, 0) is 15.9 Å². The molecule has 1 amide bonds. The second-order valence-corrected chi connectivity index (χ2v) is 15.6. The van der Waals surface area contributed by atoms with Crippen molar-refractivity contribution in [3.8, 4) is 6.01 Å². The topological polar surface area (TPSA) is 80.3 Å². The molecule has 0 radical (unpaired) electrons. The maximum absolute atomic E-state index is 12.7. The van der Waals surface area contributed by atoms with Gasteiger partial charge in [-0.2, -0.15) is 9.97 Å². The Morgan fingerprint density at radius 2 is 1.61 bits per heavy atom. The first-order chi connectivity index (χ1) is 21.1. The summed E-state index contributed by atoms with van der Waals surface area (Å²) in [6.45, 7) is 13.6. The lowest BCUT2D eigenvalue weighted by Gasteiger charge is -2.54. The van der Waals surface area contributed by atoms with E-state index in [2.05, 4.69) is 23.8 Å². The van der Waals surface area contributed by atoms with Crippen molar-refractivity contribution in [2.75, 3.05) is 51.2 Å². The largest absolute Gasteiger partial charge is 0.488 e. The Morgan fingerprint density at radius 3 is 2.20 bits per heavy atom. The van der Waals surface area contributed by atoms with E-state index in [4.69, 9.17) is 24.2 Å². The van der Waals surface area contributed by atoms with Crippen LogP contribution in [0.5, 0.6) is 6.01 Å². The van der Waals surface area contributed by atoms with Crippen molar-refractivity contribution >= 4 is 17.7 Å². The van der Waals surface area contributed by atoms with Crippen molar-refractivity contribution in [2.45, 2.75) is 116 Å². The Bertz CT molecular complexity index is 1260. The summed E-state index contributed by atoms with van der Waals surface area (Å²) in [6.07, 6.45) is 12.5. The summed E-state index contributed by atoms with van der Waals surface area (Å²) < 4.78 is 19.1. The van der Waals surface area contributed by atoms with Gasteiger partial charge in [-0.15, -0.1) is 0 Å². The molecule has 0 bridgehead atoms. The van der Waals surface area contributed by atoms with E-state index in [0.717, 1.165) is 114 Å². The van der Waals surface area contributed by atoms with E-state index < -0.39 is 5.60 Å². The van der Waals surface area contributed by atoms with Gasteiger partial charge in [0.1, 0.15) is 29.0 Å². The molecule has 2 saturated carbocycles. The van der Waals surface area contributed by atoms with Crippen LogP contribution in [0.25, 0.3) is 5.76 Å². The van der Waals surface area contributed by atoms with Crippen molar-refractivity contribution in [2.24, 2.45) is 17.3 Å². The van der Waals surface area contributed by atoms with Gasteiger partial charge in [-0.05, 0) is 116 Å². The van der Waals surface area contributed by atoms with Gasteiger partial charge >= 0.3 is 12.1 Å². The summed E-state index contributed by atoms with van der Waals surface area (Å²) in [5.41, 5.74) is 3.45. The van der Waals surface area contributed by atoms with E-state index in [-0.39, 0.29) is 17.6 Å². The quantitative estimate of drug-likeness (QED) is 0.370. The highest BCUT2D eigenvalue weighted by Gasteiger charge is 2.49. The molecule has 4 heterocycles. The molecular weight excluding hydrogens is 554 g/mol. The minimum atomic E-state index is -0.464. The number of nitrogens with zero attached hydrogens (tertiary/aromatic N) is 5. The van der Waals surface area contributed by atoms with E-state index in [0.29, 0.717) is 18.0 Å². The summed E-state index contributed by atoms with van der Waals surface area (Å²) in [5, 5.41) is 0. The highest BCUT2D eigenvalue weighted by atomic mass is 16.6. The number of hydrogen-bond acceptors (Lipinski definition) is 8. The minimum absolute atomic E-state index is 0.143. The number of ether oxygens (including phenoxy) is 3. The van der Waals surface area contributed by atoms with Crippen LogP contribution in [0, 0.1) is 17.3 Å². The van der Waals surface area contributed by atoms with Crippen LogP contribution >= 0.6 is 0 Å². The molecule has 1 atom stereocenters. The van der Waals surface area contributed by atoms with Crippen LogP contribution in [0.1, 0.15) is 103 Å². The van der Waals surface area contributed by atoms with Crippen LogP contribution in [0.2, 0.25) is 0 Å². The highest BCUT2D eigenvalue weighted by Crippen LogP contribution is 2.51. The third kappa shape index (κ3) is 6.14. The molecular formula is C35H53N5O4. The lowest BCUT2D eigenvalue weighted by molar-refractivity contribution is -0.0435. The summed E-state index contributed by atoms with van der Waals surface area (Å²) in [4.78, 5) is 29.8. The first-order valence-electron chi connectivity index (χ1n) is 17.5. The Kier molecular flexibility index (Phi) is 7.99. The number of likely N-dealkylation sites (tertiary alicyclic amines) is 2. The lowest BCUT2D eigenvalue weighted by Crippen LogP contribution is -2.62. The van der Waals surface area contributed by atoms with Gasteiger partial charge in [0.15, 0.2) is 0 Å². The van der Waals surface area contributed by atoms with E-state index >= 15 is 0 Å². The third-order valence-corrected chi connectivity index (χ3v) is 11.0. The molecule has 3 saturated heterocycles. The van der Waals surface area contributed by atoms with Gasteiger partial charge < -0.3 is 28.9 Å². The minimum Gasteiger partial charge on any atom is -0.488 e. The molecule has 9 nitrogen and oxygen atoms in total. The number of carbonyl (C=O) groups excluding carboxylic acids is 1. The van der Waals surface area contributed by atoms with Gasteiger partial charge in [-0.3, -0.25) is 0 Å². The molecule has 44 heavy (non-hydrogen) atoms. The normalized spacial score (nSPS) is 26.2. The summed E-state index contributed by atoms with van der Waals surface area (Å²) in [6, 6.07) is 0.517. The van der Waals surface area contributed by atoms with Gasteiger partial charge in [0, 0.05) is 50.2 Å². The monoisotopic (exact) mass is 607 g/mol. The zero-order valence-corrected chi connectivity index (χ0v) is 27.7. The zero-order valence-electron chi connectivity index (χ0n) is 27.7. The lowest BCUT2D eigenvalue weighted by atomic mass is 9.72. The molecule has 6 aliphatic rings. The number of hydrogen-bond donors (Lipinski definition) is 0. The standard InChI is InChI=1S/C35H53N5O4/c1-6-26-27(23-10-11-23)20-28-29(30(26)42-24-8-7-9-24)36-32(43-25-12-16-38(5)17-13-25)37-31(28)39-18-14-35(15-19-39)21-40(22-35)33(41)44-34(2,3)4/h23-25,27H,6-22H2,1-5H3. The van der Waals surface area contributed by atoms with Crippen LogP contribution < -0.4 is 9.64 Å². The fourth-order valence-corrected chi connectivity index (χ4v) is 7.95. The summed E-state index contributed by atoms with van der Waals surface area (Å²) >= 11 is 0. The summed E-state index contributed by atoms with van der Waals surface area (Å²) in [5.74, 6) is 3.38. The Hall–Kier alpha value is -2.55. The fraction of sp³-hybridized carbons (Fsp3) is 0.800. The van der Waals surface area contributed by atoms with Crippen LogP contribution in [-0.4, -0.2) is 90.0 Å². The summed E-state index contributed by atoms with van der Waals surface area (Å²) in [7, 11) is 2.18. The molecule has 0 aromatic carbocycles. The van der Waals surface area contributed by atoms with Crippen molar-refractivity contribution in [3.05, 3.63) is 16.8 Å². The molecule has 3 aliphatic heterocycles. The van der Waals surface area contributed by atoms with Gasteiger partial charge in [-0.25, -0.2) is 4.79 Å². The highest BCUT2D eigenvalue weighted by molar-refractivity contribution is 5.72. The van der Waals surface area contributed by atoms with Crippen molar-refractivity contribution in [3.63, 3.8) is 0 Å². The van der Waals surface area contributed by atoms with Gasteiger partial charge in [0.05, 0.1) is 6.10 Å². The predicted octanol–water partition coefficient (Wildman–Crippen LogP) is 6.06. The first kappa shape index (κ1) is 30.1.